The molecule has 1 saturated carbocycles. The highest BCUT2D eigenvalue weighted by molar-refractivity contribution is 5.94. The third-order valence-electron chi connectivity index (χ3n) is 6.47. The molecule has 1 aliphatic heterocycles. The van der Waals surface area contributed by atoms with Crippen molar-refractivity contribution in [3.05, 3.63) is 23.9 Å². The van der Waals surface area contributed by atoms with Gasteiger partial charge >= 0.3 is 0 Å². The van der Waals surface area contributed by atoms with Gasteiger partial charge in [0.25, 0.3) is 5.91 Å². The van der Waals surface area contributed by atoms with Crippen molar-refractivity contribution in [2.75, 3.05) is 37.6 Å². The van der Waals surface area contributed by atoms with E-state index in [9.17, 15) is 9.59 Å². The van der Waals surface area contributed by atoms with Gasteiger partial charge in [-0.3, -0.25) is 9.59 Å². The molecule has 2 amide bonds. The molecule has 2 heterocycles. The summed E-state index contributed by atoms with van der Waals surface area (Å²) in [6.45, 7) is 6.01. The summed E-state index contributed by atoms with van der Waals surface area (Å²) in [5.74, 6) is 1.74. The van der Waals surface area contributed by atoms with Crippen molar-refractivity contribution in [3.8, 4) is 0 Å². The second kappa shape index (κ2) is 11.9. The number of pyridine rings is 1. The van der Waals surface area contributed by atoms with Crippen molar-refractivity contribution < 1.29 is 9.59 Å². The third kappa shape index (κ3) is 6.71. The monoisotopic (exact) mass is 414 g/mol. The van der Waals surface area contributed by atoms with Crippen molar-refractivity contribution in [1.29, 1.82) is 0 Å². The largest absolute Gasteiger partial charge is 0.353 e. The molecule has 2 aliphatic rings. The number of anilines is 1. The first-order valence-corrected chi connectivity index (χ1v) is 11.9. The molecule has 0 spiro atoms. The van der Waals surface area contributed by atoms with Crippen LogP contribution in [0.4, 0.5) is 5.82 Å². The van der Waals surface area contributed by atoms with E-state index in [1.54, 1.807) is 6.20 Å². The Morgan fingerprint density at radius 3 is 2.47 bits per heavy atom. The predicted molar refractivity (Wildman–Crippen MR) is 121 cm³/mol. The molecule has 3 rings (SSSR count). The van der Waals surface area contributed by atoms with Gasteiger partial charge in [0.15, 0.2) is 0 Å². The maximum atomic E-state index is 12.6. The molecule has 1 N–H and O–H groups in total. The summed E-state index contributed by atoms with van der Waals surface area (Å²) in [5, 5.41) is 2.97. The second-order valence-electron chi connectivity index (χ2n) is 8.80. The van der Waals surface area contributed by atoms with Gasteiger partial charge in [0.1, 0.15) is 5.82 Å². The molecule has 1 aromatic rings. The van der Waals surface area contributed by atoms with Gasteiger partial charge in [-0.15, -0.1) is 0 Å². The molecule has 6 nitrogen and oxygen atoms in total. The lowest BCUT2D eigenvalue weighted by molar-refractivity contribution is -0.132. The Morgan fingerprint density at radius 2 is 1.80 bits per heavy atom. The molecule has 0 atom stereocenters. The van der Waals surface area contributed by atoms with Gasteiger partial charge in [-0.25, -0.2) is 4.98 Å². The van der Waals surface area contributed by atoms with Crippen molar-refractivity contribution in [3.63, 3.8) is 0 Å². The van der Waals surface area contributed by atoms with Gasteiger partial charge in [-0.05, 0) is 37.3 Å². The van der Waals surface area contributed by atoms with E-state index in [-0.39, 0.29) is 5.91 Å². The van der Waals surface area contributed by atoms with Crippen LogP contribution in [0.3, 0.4) is 0 Å². The van der Waals surface area contributed by atoms with E-state index in [1.807, 2.05) is 17.0 Å². The lowest BCUT2D eigenvalue weighted by atomic mass is 9.86. The summed E-state index contributed by atoms with van der Waals surface area (Å²) in [5.41, 5.74) is 0.607. The molecule has 0 aromatic carbocycles. The number of hydrogen-bond acceptors (Lipinski definition) is 4. The number of carbonyl (C=O) groups excluding carboxylic acids is 2. The summed E-state index contributed by atoms with van der Waals surface area (Å²) in [4.78, 5) is 33.6. The maximum Gasteiger partial charge on any atom is 0.252 e. The van der Waals surface area contributed by atoms with Gasteiger partial charge in [0.2, 0.25) is 5.91 Å². The van der Waals surface area contributed by atoms with Gasteiger partial charge in [-0.2, -0.15) is 0 Å². The summed E-state index contributed by atoms with van der Waals surface area (Å²) in [6, 6.07) is 3.77. The molecule has 1 aromatic heterocycles. The average Bonchev–Trinajstić information content (AvgIpc) is 2.80. The Kier molecular flexibility index (Phi) is 8.97. The number of aromatic nitrogens is 1. The SMILES string of the molecule is CCCCCCNC(=O)c1ccc(N2CCN(C(=O)CC3CCCCC3)CC2)nc1. The van der Waals surface area contributed by atoms with Crippen LogP contribution in [0, 0.1) is 5.92 Å². The van der Waals surface area contributed by atoms with Crippen molar-refractivity contribution in [1.82, 2.24) is 15.2 Å². The summed E-state index contributed by atoms with van der Waals surface area (Å²) >= 11 is 0. The topological polar surface area (TPSA) is 65.5 Å². The number of nitrogens with one attached hydrogen (secondary N) is 1. The molecule has 30 heavy (non-hydrogen) atoms. The Balaban J connectivity index is 1.40. The number of nitrogens with zero attached hydrogens (tertiary/aromatic N) is 3. The molecule has 0 bridgehead atoms. The lowest BCUT2D eigenvalue weighted by Gasteiger charge is -2.36. The third-order valence-corrected chi connectivity index (χ3v) is 6.47. The van der Waals surface area contributed by atoms with Gasteiger partial charge in [0.05, 0.1) is 5.56 Å². The molecule has 6 heteroatoms. The first-order valence-electron chi connectivity index (χ1n) is 11.9. The molecule has 1 saturated heterocycles. The number of hydrogen-bond donors (Lipinski definition) is 1. The Hall–Kier alpha value is -2.11. The zero-order valence-corrected chi connectivity index (χ0v) is 18.6. The van der Waals surface area contributed by atoms with E-state index in [4.69, 9.17) is 0 Å². The summed E-state index contributed by atoms with van der Waals surface area (Å²) in [7, 11) is 0. The fourth-order valence-corrected chi connectivity index (χ4v) is 4.52. The lowest BCUT2D eigenvalue weighted by Crippen LogP contribution is -2.49. The number of carbonyl (C=O) groups is 2. The number of unbranched alkanes of at least 4 members (excludes halogenated alkanes) is 3. The quantitative estimate of drug-likeness (QED) is 0.620. The average molecular weight is 415 g/mol. The highest BCUT2D eigenvalue weighted by atomic mass is 16.2. The molecular weight excluding hydrogens is 376 g/mol. The normalized spacial score (nSPS) is 17.8. The van der Waals surface area contributed by atoms with Crippen LogP contribution in [0.5, 0.6) is 0 Å². The van der Waals surface area contributed by atoms with E-state index < -0.39 is 0 Å². The van der Waals surface area contributed by atoms with E-state index in [1.165, 1.54) is 44.9 Å². The Labute approximate surface area is 181 Å². The molecule has 0 radical (unpaired) electrons. The zero-order chi connectivity index (χ0) is 21.2. The highest BCUT2D eigenvalue weighted by Crippen LogP contribution is 2.27. The first kappa shape index (κ1) is 22.6. The van der Waals surface area contributed by atoms with Crippen molar-refractivity contribution >= 4 is 17.6 Å². The standard InChI is InChI=1S/C24H38N4O2/c1-2-3-4-8-13-25-24(30)21-11-12-22(26-19-21)27-14-16-28(17-15-27)23(29)18-20-9-6-5-7-10-20/h11-12,19-20H,2-10,13-18H2,1H3,(H,25,30). The van der Waals surface area contributed by atoms with Crippen LogP contribution < -0.4 is 10.2 Å². The molecule has 0 unspecified atom stereocenters. The van der Waals surface area contributed by atoms with Crippen LogP contribution in [0.15, 0.2) is 18.3 Å². The second-order valence-corrected chi connectivity index (χ2v) is 8.80. The van der Waals surface area contributed by atoms with Crippen LogP contribution in [-0.2, 0) is 4.79 Å². The zero-order valence-electron chi connectivity index (χ0n) is 18.6. The number of amides is 2. The smallest absolute Gasteiger partial charge is 0.252 e. The van der Waals surface area contributed by atoms with Crippen LogP contribution in [0.2, 0.25) is 0 Å². The maximum absolute atomic E-state index is 12.6. The Bertz CT molecular complexity index is 662. The fourth-order valence-electron chi connectivity index (χ4n) is 4.52. The van der Waals surface area contributed by atoms with E-state index >= 15 is 0 Å². The minimum absolute atomic E-state index is 0.0522. The van der Waals surface area contributed by atoms with Crippen LogP contribution in [0.1, 0.15) is 81.5 Å². The van der Waals surface area contributed by atoms with Gasteiger partial charge in [0, 0.05) is 45.3 Å². The van der Waals surface area contributed by atoms with Crippen molar-refractivity contribution in [2.45, 2.75) is 71.1 Å². The van der Waals surface area contributed by atoms with Crippen LogP contribution >= 0.6 is 0 Å². The van der Waals surface area contributed by atoms with E-state index in [2.05, 4.69) is 22.1 Å². The predicted octanol–water partition coefficient (Wildman–Crippen LogP) is 4.01. The number of rotatable bonds is 9. The van der Waals surface area contributed by atoms with Crippen LogP contribution in [-0.4, -0.2) is 54.4 Å². The minimum atomic E-state index is -0.0522. The van der Waals surface area contributed by atoms with E-state index in [0.717, 1.165) is 57.8 Å². The highest BCUT2D eigenvalue weighted by Gasteiger charge is 2.25. The minimum Gasteiger partial charge on any atom is -0.353 e. The first-order chi connectivity index (χ1) is 14.7. The summed E-state index contributed by atoms with van der Waals surface area (Å²) < 4.78 is 0. The fraction of sp³-hybridized carbons (Fsp3) is 0.708. The number of piperazine rings is 1. The Morgan fingerprint density at radius 1 is 1.03 bits per heavy atom. The van der Waals surface area contributed by atoms with Crippen molar-refractivity contribution in [2.24, 2.45) is 5.92 Å². The van der Waals surface area contributed by atoms with Crippen LogP contribution in [0.25, 0.3) is 0 Å². The van der Waals surface area contributed by atoms with Gasteiger partial charge < -0.3 is 15.1 Å². The molecular formula is C24H38N4O2. The molecule has 2 fully saturated rings. The molecule has 166 valence electrons. The molecule has 1 aliphatic carbocycles. The van der Waals surface area contributed by atoms with E-state index in [0.29, 0.717) is 17.4 Å². The summed E-state index contributed by atoms with van der Waals surface area (Å²) in [6.07, 6.45) is 13.3. The van der Waals surface area contributed by atoms with Gasteiger partial charge in [-0.1, -0.05) is 45.4 Å².